The fraction of sp³-hybridized carbons (Fsp3) is 0.444. The number of piperazine rings is 1. The number of carbonyl (C=O) groups is 2. The first-order valence-corrected chi connectivity index (χ1v) is 8.31. The van der Waals surface area contributed by atoms with Gasteiger partial charge in [0.15, 0.2) is 0 Å². The second-order valence-corrected chi connectivity index (χ2v) is 6.28. The maximum Gasteiger partial charge on any atom is 0.277 e. The van der Waals surface area contributed by atoms with E-state index in [-0.39, 0.29) is 30.8 Å². The Balaban J connectivity index is 1.99. The zero-order valence-electron chi connectivity index (χ0n) is 14.5. The highest BCUT2D eigenvalue weighted by atomic mass is 19.1. The van der Waals surface area contributed by atoms with Crippen molar-refractivity contribution in [3.63, 3.8) is 0 Å². The number of methoxy groups -OCH3 is 1. The number of hydrogen-bond donors (Lipinski definition) is 0. The number of amides is 2. The summed E-state index contributed by atoms with van der Waals surface area (Å²) in [6, 6.07) is 5.70. The number of halogens is 1. The molecule has 3 rings (SSSR count). The van der Waals surface area contributed by atoms with Crippen LogP contribution < -0.4 is 0 Å². The lowest BCUT2D eigenvalue weighted by Gasteiger charge is -2.34. The molecule has 0 unspecified atom stereocenters. The lowest BCUT2D eigenvalue weighted by atomic mass is 10.0. The number of rotatable bonds is 5. The zero-order valence-corrected chi connectivity index (χ0v) is 14.5. The standard InChI is InChI=1S/C18H22FN3O3/c1-20-7-9-21(10-8-20)16-15(13-3-5-14(19)6-4-13)17(23)22(18(16)24)11-12-25-2/h3-6H,7-12H2,1-2H3. The molecule has 25 heavy (non-hydrogen) atoms. The van der Waals surface area contributed by atoms with Gasteiger partial charge in [-0.3, -0.25) is 14.5 Å². The number of benzene rings is 1. The van der Waals surface area contributed by atoms with Crippen molar-refractivity contribution in [1.29, 1.82) is 0 Å². The number of likely N-dealkylation sites (N-methyl/N-ethyl adjacent to an activating group) is 1. The SMILES string of the molecule is COCCN1C(=O)C(c2ccc(F)cc2)=C(N2CCN(C)CC2)C1=O. The molecule has 0 atom stereocenters. The fourth-order valence-corrected chi connectivity index (χ4v) is 3.15. The highest BCUT2D eigenvalue weighted by molar-refractivity contribution is 6.35. The number of ether oxygens (including phenoxy) is 1. The monoisotopic (exact) mass is 347 g/mol. The van der Waals surface area contributed by atoms with Gasteiger partial charge in [-0.05, 0) is 24.7 Å². The van der Waals surface area contributed by atoms with Crippen molar-refractivity contribution in [1.82, 2.24) is 14.7 Å². The first-order valence-electron chi connectivity index (χ1n) is 8.31. The van der Waals surface area contributed by atoms with Crippen LogP contribution in [-0.4, -0.2) is 80.0 Å². The van der Waals surface area contributed by atoms with Crippen molar-refractivity contribution in [2.24, 2.45) is 0 Å². The highest BCUT2D eigenvalue weighted by Crippen LogP contribution is 2.32. The van der Waals surface area contributed by atoms with Crippen LogP contribution in [0.25, 0.3) is 5.57 Å². The summed E-state index contributed by atoms with van der Waals surface area (Å²) in [6.07, 6.45) is 0. The third-order valence-corrected chi connectivity index (χ3v) is 4.61. The highest BCUT2D eigenvalue weighted by Gasteiger charge is 2.41. The topological polar surface area (TPSA) is 53.1 Å². The Labute approximate surface area is 146 Å². The number of imide groups is 1. The van der Waals surface area contributed by atoms with E-state index in [1.165, 1.54) is 24.1 Å². The molecule has 2 aliphatic rings. The molecule has 1 aromatic rings. The minimum absolute atomic E-state index is 0.204. The van der Waals surface area contributed by atoms with Crippen LogP contribution >= 0.6 is 0 Å². The van der Waals surface area contributed by atoms with E-state index < -0.39 is 0 Å². The van der Waals surface area contributed by atoms with Gasteiger partial charge in [0.1, 0.15) is 11.5 Å². The van der Waals surface area contributed by atoms with Crippen LogP contribution in [0.15, 0.2) is 30.0 Å². The molecule has 1 saturated heterocycles. The smallest absolute Gasteiger partial charge is 0.277 e. The third-order valence-electron chi connectivity index (χ3n) is 4.61. The molecule has 1 aromatic carbocycles. The summed E-state index contributed by atoms with van der Waals surface area (Å²) in [6.45, 7) is 3.47. The van der Waals surface area contributed by atoms with Crippen molar-refractivity contribution >= 4 is 17.4 Å². The van der Waals surface area contributed by atoms with Crippen molar-refractivity contribution < 1.29 is 18.7 Å². The molecule has 0 aromatic heterocycles. The van der Waals surface area contributed by atoms with Crippen LogP contribution in [0.3, 0.4) is 0 Å². The van der Waals surface area contributed by atoms with Gasteiger partial charge in [0.2, 0.25) is 0 Å². The van der Waals surface area contributed by atoms with Gasteiger partial charge in [-0.2, -0.15) is 0 Å². The Bertz CT molecular complexity index is 694. The van der Waals surface area contributed by atoms with Gasteiger partial charge >= 0.3 is 0 Å². The van der Waals surface area contributed by atoms with Crippen molar-refractivity contribution in [2.75, 3.05) is 53.5 Å². The maximum absolute atomic E-state index is 13.3. The molecule has 0 radical (unpaired) electrons. The molecule has 2 amide bonds. The number of hydrogen-bond acceptors (Lipinski definition) is 5. The van der Waals surface area contributed by atoms with E-state index in [0.29, 0.717) is 29.9 Å². The Morgan fingerprint density at radius 1 is 1.04 bits per heavy atom. The van der Waals surface area contributed by atoms with Gasteiger partial charge in [0.05, 0.1) is 18.7 Å². The Morgan fingerprint density at radius 2 is 1.68 bits per heavy atom. The molecular formula is C18H22FN3O3. The predicted octanol–water partition coefficient (Wildman–Crippen LogP) is 0.799. The van der Waals surface area contributed by atoms with E-state index in [2.05, 4.69) is 4.90 Å². The molecule has 0 saturated carbocycles. The zero-order chi connectivity index (χ0) is 18.0. The van der Waals surface area contributed by atoms with Crippen LogP contribution in [0.5, 0.6) is 0 Å². The maximum atomic E-state index is 13.3. The van der Waals surface area contributed by atoms with E-state index in [4.69, 9.17) is 4.74 Å². The molecule has 0 N–H and O–H groups in total. The van der Waals surface area contributed by atoms with E-state index in [0.717, 1.165) is 13.1 Å². The molecule has 1 fully saturated rings. The second kappa shape index (κ2) is 7.33. The van der Waals surface area contributed by atoms with Gasteiger partial charge in [0, 0.05) is 33.3 Å². The summed E-state index contributed by atoms with van der Waals surface area (Å²) in [5, 5.41) is 0. The van der Waals surface area contributed by atoms with Gasteiger partial charge in [0.25, 0.3) is 11.8 Å². The van der Waals surface area contributed by atoms with E-state index in [1.54, 1.807) is 12.1 Å². The summed E-state index contributed by atoms with van der Waals surface area (Å²) in [7, 11) is 3.56. The molecule has 6 nitrogen and oxygen atoms in total. The van der Waals surface area contributed by atoms with Crippen molar-refractivity contribution in [3.8, 4) is 0 Å². The Morgan fingerprint density at radius 3 is 2.28 bits per heavy atom. The average molecular weight is 347 g/mol. The van der Waals surface area contributed by atoms with E-state index >= 15 is 0 Å². The molecule has 7 heteroatoms. The molecule has 2 heterocycles. The third kappa shape index (κ3) is 3.43. The Hall–Kier alpha value is -2.25. The van der Waals surface area contributed by atoms with Crippen LogP contribution in [0, 0.1) is 5.82 Å². The predicted molar refractivity (Wildman–Crippen MR) is 91.0 cm³/mol. The first-order chi connectivity index (χ1) is 12.0. The van der Waals surface area contributed by atoms with Crippen LogP contribution in [-0.2, 0) is 14.3 Å². The number of nitrogens with zero attached hydrogens (tertiary/aromatic N) is 3. The molecule has 0 spiro atoms. The summed E-state index contributed by atoms with van der Waals surface area (Å²) in [4.78, 5) is 31.2. The molecule has 0 bridgehead atoms. The summed E-state index contributed by atoms with van der Waals surface area (Å²) >= 11 is 0. The molecule has 134 valence electrons. The summed E-state index contributed by atoms with van der Waals surface area (Å²) < 4.78 is 18.3. The lowest BCUT2D eigenvalue weighted by molar-refractivity contribution is -0.138. The molecular weight excluding hydrogens is 325 g/mol. The largest absolute Gasteiger partial charge is 0.383 e. The van der Waals surface area contributed by atoms with Gasteiger partial charge in [-0.1, -0.05) is 12.1 Å². The second-order valence-electron chi connectivity index (χ2n) is 6.28. The summed E-state index contributed by atoms with van der Waals surface area (Å²) in [5.41, 5.74) is 1.33. The van der Waals surface area contributed by atoms with Crippen molar-refractivity contribution in [2.45, 2.75) is 0 Å². The minimum Gasteiger partial charge on any atom is -0.383 e. The minimum atomic E-state index is -0.376. The van der Waals surface area contributed by atoms with Crippen molar-refractivity contribution in [3.05, 3.63) is 41.3 Å². The average Bonchev–Trinajstić information content (AvgIpc) is 2.85. The first kappa shape index (κ1) is 17.6. The quantitative estimate of drug-likeness (QED) is 0.738. The summed E-state index contributed by atoms with van der Waals surface area (Å²) in [5.74, 6) is -1.02. The molecule has 2 aliphatic heterocycles. The van der Waals surface area contributed by atoms with Gasteiger partial charge in [-0.15, -0.1) is 0 Å². The van der Waals surface area contributed by atoms with Crippen LogP contribution in [0.4, 0.5) is 4.39 Å². The lowest BCUT2D eigenvalue weighted by Crippen LogP contribution is -2.46. The van der Waals surface area contributed by atoms with E-state index in [9.17, 15) is 14.0 Å². The Kier molecular flexibility index (Phi) is 5.15. The van der Waals surface area contributed by atoms with E-state index in [1.807, 2.05) is 11.9 Å². The van der Waals surface area contributed by atoms with Gasteiger partial charge in [-0.25, -0.2) is 4.39 Å². The normalized spacial score (nSPS) is 19.3. The number of carbonyl (C=O) groups excluding carboxylic acids is 2. The molecule has 0 aliphatic carbocycles. The van der Waals surface area contributed by atoms with Gasteiger partial charge < -0.3 is 14.5 Å². The van der Waals surface area contributed by atoms with Crippen LogP contribution in [0.2, 0.25) is 0 Å². The fourth-order valence-electron chi connectivity index (χ4n) is 3.15. The van der Waals surface area contributed by atoms with Crippen LogP contribution in [0.1, 0.15) is 5.56 Å².